The van der Waals surface area contributed by atoms with Crippen molar-refractivity contribution in [2.45, 2.75) is 11.8 Å². The van der Waals surface area contributed by atoms with Crippen molar-refractivity contribution in [2.75, 3.05) is 11.3 Å². The highest BCUT2D eigenvalue weighted by atomic mass is 32.2. The predicted molar refractivity (Wildman–Crippen MR) is 134 cm³/mol. The molecule has 35 heavy (non-hydrogen) atoms. The molecule has 0 radical (unpaired) electrons. The fourth-order valence-electron chi connectivity index (χ4n) is 3.37. The maximum atomic E-state index is 12.6. The average molecular weight is 490 g/mol. The molecule has 8 nitrogen and oxygen atoms in total. The number of rotatable bonds is 7. The van der Waals surface area contributed by atoms with Crippen LogP contribution in [0.1, 0.15) is 27.6 Å². The zero-order chi connectivity index (χ0) is 24.8. The molecule has 4 aromatic rings. The van der Waals surface area contributed by atoms with Gasteiger partial charge in [-0.25, -0.2) is 8.42 Å². The van der Waals surface area contributed by atoms with Gasteiger partial charge in [0.15, 0.2) is 0 Å². The van der Waals surface area contributed by atoms with Crippen molar-refractivity contribution in [1.29, 1.82) is 0 Å². The molecule has 0 unspecified atom stereocenters. The molecular weight excluding hydrogens is 466 g/mol. The number of amides is 2. The summed E-state index contributed by atoms with van der Waals surface area (Å²) in [5.74, 6) is -0.418. The second kappa shape index (κ2) is 10.3. The average Bonchev–Trinajstić information content (AvgIpc) is 2.87. The Morgan fingerprint density at radius 3 is 2.00 bits per heavy atom. The lowest BCUT2D eigenvalue weighted by molar-refractivity contribution is 0.0847. The highest BCUT2D eigenvalue weighted by Crippen LogP contribution is 2.20. The third-order valence-corrected chi connectivity index (χ3v) is 6.54. The summed E-state index contributed by atoms with van der Waals surface area (Å²) in [5, 5.41) is 1.92. The molecule has 0 fully saturated rings. The smallest absolute Gasteiger partial charge is 0.269 e. The Bertz CT molecular complexity index is 1470. The number of sulfonamides is 1. The molecule has 2 amide bonds. The van der Waals surface area contributed by atoms with E-state index in [1.54, 1.807) is 24.3 Å². The van der Waals surface area contributed by atoms with Crippen LogP contribution in [-0.2, 0) is 10.0 Å². The second-order valence-corrected chi connectivity index (χ2v) is 9.24. The van der Waals surface area contributed by atoms with Gasteiger partial charge in [-0.2, -0.15) is 0 Å². The number of benzene rings is 4. The number of carbonyl (C=O) groups is 2. The molecule has 0 saturated heterocycles. The lowest BCUT2D eigenvalue weighted by Gasteiger charge is -2.11. The van der Waals surface area contributed by atoms with E-state index in [1.807, 2.05) is 37.3 Å². The molecule has 0 saturated carbocycles. The van der Waals surface area contributed by atoms with Crippen LogP contribution in [0.4, 0.5) is 5.69 Å². The van der Waals surface area contributed by atoms with E-state index >= 15 is 0 Å². The van der Waals surface area contributed by atoms with Crippen LogP contribution in [0.15, 0.2) is 95.9 Å². The van der Waals surface area contributed by atoms with Crippen molar-refractivity contribution < 1.29 is 22.7 Å². The molecule has 0 aliphatic carbocycles. The first-order valence-electron chi connectivity index (χ1n) is 10.8. The Morgan fingerprint density at radius 2 is 1.34 bits per heavy atom. The topological polar surface area (TPSA) is 114 Å². The predicted octanol–water partition coefficient (Wildman–Crippen LogP) is 4.11. The molecule has 3 N–H and O–H groups in total. The van der Waals surface area contributed by atoms with Gasteiger partial charge >= 0.3 is 0 Å². The number of hydrogen-bond acceptors (Lipinski definition) is 5. The molecular formula is C26H23N3O5S. The van der Waals surface area contributed by atoms with E-state index in [2.05, 4.69) is 15.6 Å². The fourth-order valence-corrected chi connectivity index (χ4v) is 4.43. The van der Waals surface area contributed by atoms with Crippen LogP contribution in [0.25, 0.3) is 10.8 Å². The lowest BCUT2D eigenvalue weighted by Crippen LogP contribution is -2.41. The SMILES string of the molecule is CCOc1ccc(S(=O)(=O)Nc2ccc(C(=O)NNC(=O)c3ccc4ccccc4c3)cc2)cc1. The van der Waals surface area contributed by atoms with Gasteiger partial charge in [-0.3, -0.25) is 25.2 Å². The molecule has 0 aromatic heterocycles. The minimum atomic E-state index is -3.81. The molecule has 0 aliphatic rings. The minimum absolute atomic E-state index is 0.0826. The van der Waals surface area contributed by atoms with Crippen molar-refractivity contribution in [2.24, 2.45) is 0 Å². The van der Waals surface area contributed by atoms with Crippen molar-refractivity contribution >= 4 is 38.3 Å². The highest BCUT2D eigenvalue weighted by molar-refractivity contribution is 7.92. The first-order chi connectivity index (χ1) is 16.9. The van der Waals surface area contributed by atoms with Crippen molar-refractivity contribution in [3.63, 3.8) is 0 Å². The van der Waals surface area contributed by atoms with Gasteiger partial charge in [0.25, 0.3) is 21.8 Å². The Labute approximate surface area is 203 Å². The van der Waals surface area contributed by atoms with E-state index in [9.17, 15) is 18.0 Å². The van der Waals surface area contributed by atoms with Crippen LogP contribution in [0.3, 0.4) is 0 Å². The molecule has 178 valence electrons. The summed E-state index contributed by atoms with van der Waals surface area (Å²) in [7, 11) is -3.81. The molecule has 4 rings (SSSR count). The first kappa shape index (κ1) is 23.8. The number of carbonyl (C=O) groups excluding carboxylic acids is 2. The third kappa shape index (κ3) is 5.77. The summed E-state index contributed by atoms with van der Waals surface area (Å²) >= 11 is 0. The number of anilines is 1. The first-order valence-corrected chi connectivity index (χ1v) is 12.3. The number of ether oxygens (including phenoxy) is 1. The zero-order valence-electron chi connectivity index (χ0n) is 18.8. The van der Waals surface area contributed by atoms with Gasteiger partial charge in [0.1, 0.15) is 5.75 Å². The molecule has 0 aliphatic heterocycles. The van der Waals surface area contributed by atoms with Crippen LogP contribution in [0.5, 0.6) is 5.75 Å². The zero-order valence-corrected chi connectivity index (χ0v) is 19.6. The van der Waals surface area contributed by atoms with Gasteiger partial charge in [-0.1, -0.05) is 30.3 Å². The Balaban J connectivity index is 1.36. The normalized spacial score (nSPS) is 11.0. The van der Waals surface area contributed by atoms with Gasteiger partial charge in [0.05, 0.1) is 11.5 Å². The maximum absolute atomic E-state index is 12.6. The summed E-state index contributed by atoms with van der Waals surface area (Å²) in [6.45, 7) is 2.33. The van der Waals surface area contributed by atoms with E-state index in [0.29, 0.717) is 17.9 Å². The number of nitrogens with one attached hydrogen (secondary N) is 3. The van der Waals surface area contributed by atoms with E-state index in [4.69, 9.17) is 4.74 Å². The van der Waals surface area contributed by atoms with E-state index < -0.39 is 21.8 Å². The molecule has 0 heterocycles. The molecule has 0 spiro atoms. The van der Waals surface area contributed by atoms with Gasteiger partial charge in [-0.15, -0.1) is 0 Å². The maximum Gasteiger partial charge on any atom is 0.269 e. The number of hydrazine groups is 1. The van der Waals surface area contributed by atoms with E-state index in [-0.39, 0.29) is 16.1 Å². The summed E-state index contributed by atoms with van der Waals surface area (Å²) in [4.78, 5) is 24.9. The summed E-state index contributed by atoms with van der Waals surface area (Å²) in [6.07, 6.45) is 0. The lowest BCUT2D eigenvalue weighted by atomic mass is 10.1. The van der Waals surface area contributed by atoms with E-state index in [0.717, 1.165) is 10.8 Å². The summed E-state index contributed by atoms with van der Waals surface area (Å²) in [6, 6.07) is 24.8. The molecule has 0 atom stereocenters. The van der Waals surface area contributed by atoms with Crippen LogP contribution >= 0.6 is 0 Å². The minimum Gasteiger partial charge on any atom is -0.494 e. The third-order valence-electron chi connectivity index (χ3n) is 5.15. The van der Waals surface area contributed by atoms with Crippen LogP contribution in [-0.4, -0.2) is 26.8 Å². The second-order valence-electron chi connectivity index (χ2n) is 7.56. The standard InChI is InChI=1S/C26H23N3O5S/c1-2-34-23-13-15-24(16-14-23)35(32,33)29-22-11-9-19(10-12-22)25(30)27-28-26(31)21-8-7-18-5-3-4-6-20(18)17-21/h3-17,29H,2H2,1H3,(H,27,30)(H,28,31). The Hall–Kier alpha value is -4.37. The van der Waals surface area contributed by atoms with Gasteiger partial charge in [-0.05, 0) is 78.4 Å². The Kier molecular flexibility index (Phi) is 6.98. The largest absolute Gasteiger partial charge is 0.494 e. The van der Waals surface area contributed by atoms with Crippen LogP contribution in [0, 0.1) is 0 Å². The van der Waals surface area contributed by atoms with Gasteiger partial charge in [0, 0.05) is 16.8 Å². The number of hydrogen-bond donors (Lipinski definition) is 3. The number of fused-ring (bicyclic) bond motifs is 1. The van der Waals surface area contributed by atoms with Gasteiger partial charge < -0.3 is 4.74 Å². The summed E-state index contributed by atoms with van der Waals surface area (Å²) in [5.41, 5.74) is 5.69. The molecule has 0 bridgehead atoms. The quantitative estimate of drug-likeness (QED) is 0.338. The highest BCUT2D eigenvalue weighted by Gasteiger charge is 2.15. The van der Waals surface area contributed by atoms with Crippen molar-refractivity contribution in [1.82, 2.24) is 10.9 Å². The van der Waals surface area contributed by atoms with Crippen LogP contribution < -0.4 is 20.3 Å². The molecule has 4 aromatic carbocycles. The van der Waals surface area contributed by atoms with E-state index in [1.165, 1.54) is 36.4 Å². The monoisotopic (exact) mass is 489 g/mol. The van der Waals surface area contributed by atoms with Crippen LogP contribution in [0.2, 0.25) is 0 Å². The summed E-state index contributed by atoms with van der Waals surface area (Å²) < 4.78 is 33.0. The van der Waals surface area contributed by atoms with Crippen molar-refractivity contribution in [3.8, 4) is 5.75 Å². The van der Waals surface area contributed by atoms with Gasteiger partial charge in [0.2, 0.25) is 0 Å². The van der Waals surface area contributed by atoms with Crippen molar-refractivity contribution in [3.05, 3.63) is 102 Å². The molecule has 9 heteroatoms. The fraction of sp³-hybridized carbons (Fsp3) is 0.0769. The Morgan fingerprint density at radius 1 is 0.743 bits per heavy atom.